The molecule has 0 radical (unpaired) electrons. The molecule has 1 aliphatic heterocycles. The highest BCUT2D eigenvalue weighted by Gasteiger charge is 2.75. The van der Waals surface area contributed by atoms with Gasteiger partial charge in [0.2, 0.25) is 17.7 Å². The fourth-order valence-electron chi connectivity index (χ4n) is 6.03. The number of carbonyl (C=O) groups excluding carboxylic acids is 3. The second-order valence-electron chi connectivity index (χ2n) is 8.29. The average molecular weight is 417 g/mol. The highest BCUT2D eigenvalue weighted by molar-refractivity contribution is 9.10. The van der Waals surface area contributed by atoms with E-state index in [-0.39, 0.29) is 35.0 Å². The molecular weight excluding hydrogens is 396 g/mol. The van der Waals surface area contributed by atoms with Gasteiger partial charge >= 0.3 is 0 Å². The number of hydrogen-bond donors (Lipinski definition) is 1. The Labute approximate surface area is 160 Å². The number of nitrogens with one attached hydrogen (secondary N) is 1. The van der Waals surface area contributed by atoms with Gasteiger partial charge in [-0.2, -0.15) is 0 Å². The van der Waals surface area contributed by atoms with Crippen LogP contribution in [-0.4, -0.2) is 28.7 Å². The van der Waals surface area contributed by atoms with Crippen LogP contribution in [0.1, 0.15) is 32.6 Å². The maximum atomic E-state index is 13.1. The zero-order valence-corrected chi connectivity index (χ0v) is 16.2. The molecule has 1 heterocycles. The second kappa shape index (κ2) is 5.41. The largest absolute Gasteiger partial charge is 0.324 e. The maximum Gasteiger partial charge on any atom is 0.247 e. The van der Waals surface area contributed by atoms with Crippen LogP contribution in [0, 0.1) is 29.1 Å². The van der Waals surface area contributed by atoms with Gasteiger partial charge in [0.25, 0.3) is 0 Å². The number of likely N-dealkylation sites (tertiary alicyclic amines) is 1. The lowest BCUT2D eigenvalue weighted by molar-refractivity contribution is -0.147. The van der Waals surface area contributed by atoms with Crippen molar-refractivity contribution < 1.29 is 14.4 Å². The Morgan fingerprint density at radius 1 is 1.12 bits per heavy atom. The Morgan fingerprint density at radius 2 is 1.65 bits per heavy atom. The van der Waals surface area contributed by atoms with Crippen LogP contribution in [0.3, 0.4) is 0 Å². The van der Waals surface area contributed by atoms with Crippen LogP contribution in [0.15, 0.2) is 28.7 Å². The van der Waals surface area contributed by atoms with E-state index in [4.69, 9.17) is 0 Å². The van der Waals surface area contributed by atoms with Gasteiger partial charge in [-0.15, -0.1) is 0 Å². The number of halogens is 1. The predicted octanol–water partition coefficient (Wildman–Crippen LogP) is 3.20. The molecule has 2 bridgehead atoms. The van der Waals surface area contributed by atoms with E-state index in [2.05, 4.69) is 21.2 Å². The fraction of sp³-hybridized carbons (Fsp3) is 0.550. The van der Waals surface area contributed by atoms with Gasteiger partial charge in [-0.3, -0.25) is 19.3 Å². The number of fused-ring (bicyclic) bond motifs is 3. The van der Waals surface area contributed by atoms with Crippen LogP contribution in [0.25, 0.3) is 0 Å². The van der Waals surface area contributed by atoms with Crippen molar-refractivity contribution in [2.45, 2.75) is 38.6 Å². The van der Waals surface area contributed by atoms with E-state index in [1.54, 1.807) is 19.1 Å². The zero-order chi connectivity index (χ0) is 18.2. The molecular formula is C20H21BrN2O3. The highest BCUT2D eigenvalue weighted by Crippen LogP contribution is 2.76. The van der Waals surface area contributed by atoms with Gasteiger partial charge in [0.1, 0.15) is 6.04 Å². The molecule has 136 valence electrons. The van der Waals surface area contributed by atoms with Crippen LogP contribution in [0.4, 0.5) is 5.69 Å². The van der Waals surface area contributed by atoms with E-state index in [1.165, 1.54) is 17.7 Å². The van der Waals surface area contributed by atoms with Crippen molar-refractivity contribution in [3.8, 4) is 0 Å². The average Bonchev–Trinajstić information content (AvgIpc) is 3.21. The first-order valence-corrected chi connectivity index (χ1v) is 10.2. The minimum atomic E-state index is -0.779. The van der Waals surface area contributed by atoms with Crippen LogP contribution in [-0.2, 0) is 14.4 Å². The van der Waals surface area contributed by atoms with E-state index in [9.17, 15) is 14.4 Å². The van der Waals surface area contributed by atoms with Crippen molar-refractivity contribution in [2.24, 2.45) is 29.1 Å². The van der Waals surface area contributed by atoms with Gasteiger partial charge in [0.05, 0.1) is 11.8 Å². The van der Waals surface area contributed by atoms with Crippen LogP contribution in [0.5, 0.6) is 0 Å². The predicted molar refractivity (Wildman–Crippen MR) is 98.9 cm³/mol. The van der Waals surface area contributed by atoms with Crippen LogP contribution < -0.4 is 5.32 Å². The Kier molecular flexibility index (Phi) is 3.43. The molecule has 1 N–H and O–H groups in total. The topological polar surface area (TPSA) is 66.5 Å². The first kappa shape index (κ1) is 16.5. The molecule has 3 aliphatic carbocycles. The molecule has 1 aromatic carbocycles. The SMILES string of the molecule is CC(C(=O)Nc1ccc(Br)cc1)N1C(=O)C2C(C1=O)C1CCC2C12CC2. The number of amides is 3. The molecule has 1 spiro atoms. The number of imide groups is 1. The van der Waals surface area contributed by atoms with Crippen LogP contribution >= 0.6 is 15.9 Å². The van der Waals surface area contributed by atoms with E-state index in [0.717, 1.165) is 17.3 Å². The summed E-state index contributed by atoms with van der Waals surface area (Å²) >= 11 is 3.36. The van der Waals surface area contributed by atoms with Gasteiger partial charge in [-0.1, -0.05) is 15.9 Å². The molecule has 3 amide bonds. The van der Waals surface area contributed by atoms with Crippen molar-refractivity contribution in [1.82, 2.24) is 4.90 Å². The van der Waals surface area contributed by atoms with Gasteiger partial charge in [0.15, 0.2) is 0 Å². The molecule has 5 unspecified atom stereocenters. The number of hydrogen-bond acceptors (Lipinski definition) is 3. The lowest BCUT2D eigenvalue weighted by atomic mass is 9.81. The number of anilines is 1. The Balaban J connectivity index is 1.36. The Hall–Kier alpha value is -1.69. The first-order chi connectivity index (χ1) is 12.4. The quantitative estimate of drug-likeness (QED) is 0.769. The standard InChI is InChI=1S/C20H21BrN2O3/c1-10(17(24)22-12-4-2-11(21)3-5-12)23-18(25)15-13-6-7-14(16(15)19(23)26)20(13)8-9-20/h2-5,10,13-16H,6-9H2,1H3,(H,22,24). The molecule has 0 aromatic heterocycles. The molecule has 5 atom stereocenters. The summed E-state index contributed by atoms with van der Waals surface area (Å²) in [6.45, 7) is 1.65. The molecule has 1 aromatic rings. The van der Waals surface area contributed by atoms with Crippen molar-refractivity contribution in [3.63, 3.8) is 0 Å². The van der Waals surface area contributed by atoms with Crippen LogP contribution in [0.2, 0.25) is 0 Å². The summed E-state index contributed by atoms with van der Waals surface area (Å²) in [4.78, 5) is 40.0. The smallest absolute Gasteiger partial charge is 0.247 e. The molecule has 5 rings (SSSR count). The summed E-state index contributed by atoms with van der Waals surface area (Å²) in [6, 6.07) is 6.47. The molecule has 26 heavy (non-hydrogen) atoms. The van der Waals surface area contributed by atoms with Gasteiger partial charge in [-0.25, -0.2) is 0 Å². The summed E-state index contributed by atoms with van der Waals surface area (Å²) < 4.78 is 0.922. The van der Waals surface area contributed by atoms with E-state index in [0.29, 0.717) is 17.5 Å². The number of rotatable bonds is 3. The van der Waals surface area contributed by atoms with E-state index in [1.807, 2.05) is 12.1 Å². The summed E-state index contributed by atoms with van der Waals surface area (Å²) in [5.74, 6) is -0.170. The normalized spacial score (nSPS) is 34.3. The minimum absolute atomic E-state index is 0.114. The van der Waals surface area contributed by atoms with Crippen molar-refractivity contribution in [2.75, 3.05) is 5.32 Å². The number of carbonyl (C=O) groups is 3. The Morgan fingerprint density at radius 3 is 2.15 bits per heavy atom. The maximum absolute atomic E-state index is 13.1. The molecule has 5 nitrogen and oxygen atoms in total. The van der Waals surface area contributed by atoms with Gasteiger partial charge < -0.3 is 5.32 Å². The monoisotopic (exact) mass is 416 g/mol. The lowest BCUT2D eigenvalue weighted by Crippen LogP contribution is -2.47. The molecule has 4 fully saturated rings. The van der Waals surface area contributed by atoms with E-state index < -0.39 is 6.04 Å². The third-order valence-electron chi connectivity index (χ3n) is 7.27. The van der Waals surface area contributed by atoms with Crippen molar-refractivity contribution >= 4 is 39.3 Å². The molecule has 1 saturated heterocycles. The van der Waals surface area contributed by atoms with E-state index >= 15 is 0 Å². The molecule has 3 saturated carbocycles. The summed E-state index contributed by atoms with van der Waals surface area (Å²) in [7, 11) is 0. The van der Waals surface area contributed by atoms with Crippen molar-refractivity contribution in [1.29, 1.82) is 0 Å². The Bertz CT molecular complexity index is 785. The van der Waals surface area contributed by atoms with Gasteiger partial charge in [0, 0.05) is 10.2 Å². The zero-order valence-electron chi connectivity index (χ0n) is 14.6. The third-order valence-corrected chi connectivity index (χ3v) is 7.80. The molecule has 6 heteroatoms. The summed E-state index contributed by atoms with van der Waals surface area (Å²) in [5, 5.41) is 2.81. The lowest BCUT2D eigenvalue weighted by Gasteiger charge is -2.25. The minimum Gasteiger partial charge on any atom is -0.324 e. The fourth-order valence-corrected chi connectivity index (χ4v) is 6.29. The molecule has 4 aliphatic rings. The first-order valence-electron chi connectivity index (χ1n) is 9.37. The summed E-state index contributed by atoms with van der Waals surface area (Å²) in [6.07, 6.45) is 4.49. The second-order valence-corrected chi connectivity index (χ2v) is 9.21. The van der Waals surface area contributed by atoms with Crippen molar-refractivity contribution in [3.05, 3.63) is 28.7 Å². The highest BCUT2D eigenvalue weighted by atomic mass is 79.9. The van der Waals surface area contributed by atoms with Gasteiger partial charge in [-0.05, 0) is 74.1 Å². The third kappa shape index (κ3) is 2.05. The number of nitrogens with zero attached hydrogens (tertiary/aromatic N) is 1. The number of benzene rings is 1. The summed E-state index contributed by atoms with van der Waals surface area (Å²) in [5.41, 5.74) is 0.941.